The minimum absolute atomic E-state index is 0.222. The first-order chi connectivity index (χ1) is 12.1. The van der Waals surface area contributed by atoms with E-state index in [0.717, 1.165) is 0 Å². The number of halogens is 1. The minimum Gasteiger partial charge on any atom is -0.467 e. The summed E-state index contributed by atoms with van der Waals surface area (Å²) in [4.78, 5) is 24.3. The van der Waals surface area contributed by atoms with Gasteiger partial charge in [-0.15, -0.1) is 0 Å². The standard InChI is InChI=1S/C19H15ClN2O3/c20-17-6-2-1-5-16(17)19(24)22-14-9-7-13(8-10-14)18(23)21-12-15-4-3-11-25-15/h1-11H,12H2,(H,21,23)(H,22,24). The fourth-order valence-electron chi connectivity index (χ4n) is 2.23. The lowest BCUT2D eigenvalue weighted by Crippen LogP contribution is -2.22. The first-order valence-corrected chi connectivity index (χ1v) is 7.98. The molecule has 126 valence electrons. The highest BCUT2D eigenvalue weighted by molar-refractivity contribution is 6.34. The molecular formula is C19H15ClN2O3. The highest BCUT2D eigenvalue weighted by Crippen LogP contribution is 2.17. The number of hydrogen-bond donors (Lipinski definition) is 2. The van der Waals surface area contributed by atoms with Crippen molar-refractivity contribution < 1.29 is 14.0 Å². The Hall–Kier alpha value is -3.05. The van der Waals surface area contributed by atoms with Crippen LogP contribution < -0.4 is 10.6 Å². The van der Waals surface area contributed by atoms with Crippen molar-refractivity contribution >= 4 is 29.1 Å². The molecule has 1 heterocycles. The number of carbonyl (C=O) groups excluding carboxylic acids is 2. The van der Waals surface area contributed by atoms with Crippen molar-refractivity contribution in [3.8, 4) is 0 Å². The molecule has 2 N–H and O–H groups in total. The lowest BCUT2D eigenvalue weighted by molar-refractivity contribution is 0.0947. The summed E-state index contributed by atoms with van der Waals surface area (Å²) >= 11 is 6.01. The lowest BCUT2D eigenvalue weighted by atomic mass is 10.1. The molecule has 0 aliphatic rings. The van der Waals surface area contributed by atoms with Gasteiger partial charge in [0.15, 0.2) is 0 Å². The lowest BCUT2D eigenvalue weighted by Gasteiger charge is -2.08. The van der Waals surface area contributed by atoms with E-state index in [1.165, 1.54) is 0 Å². The molecule has 0 aliphatic heterocycles. The summed E-state index contributed by atoms with van der Waals surface area (Å²) in [6.45, 7) is 0.316. The second-order valence-electron chi connectivity index (χ2n) is 5.27. The molecule has 1 aromatic heterocycles. The molecule has 0 aliphatic carbocycles. The summed E-state index contributed by atoms with van der Waals surface area (Å²) in [7, 11) is 0. The Kier molecular flexibility index (Phi) is 5.16. The molecule has 5 nitrogen and oxygen atoms in total. The number of nitrogens with one attached hydrogen (secondary N) is 2. The summed E-state index contributed by atoms with van der Waals surface area (Å²) in [5.74, 6) is 0.151. The highest BCUT2D eigenvalue weighted by Gasteiger charge is 2.11. The van der Waals surface area contributed by atoms with Gasteiger partial charge in [0.25, 0.3) is 11.8 Å². The predicted octanol–water partition coefficient (Wildman–Crippen LogP) is 4.12. The Bertz CT molecular complexity index is 874. The van der Waals surface area contributed by atoms with Gasteiger partial charge in [-0.1, -0.05) is 23.7 Å². The van der Waals surface area contributed by atoms with Crippen LogP contribution in [-0.4, -0.2) is 11.8 Å². The predicted molar refractivity (Wildman–Crippen MR) is 95.7 cm³/mol. The molecule has 2 amide bonds. The second-order valence-corrected chi connectivity index (χ2v) is 5.68. The fraction of sp³-hybridized carbons (Fsp3) is 0.0526. The number of anilines is 1. The average Bonchev–Trinajstić information content (AvgIpc) is 3.14. The molecule has 0 spiro atoms. The molecular weight excluding hydrogens is 340 g/mol. The maximum absolute atomic E-state index is 12.2. The number of benzene rings is 2. The van der Waals surface area contributed by atoms with Gasteiger partial charge >= 0.3 is 0 Å². The van der Waals surface area contributed by atoms with Crippen molar-refractivity contribution in [2.24, 2.45) is 0 Å². The zero-order valence-electron chi connectivity index (χ0n) is 13.2. The van der Waals surface area contributed by atoms with Crippen LogP contribution in [0, 0.1) is 0 Å². The fourth-order valence-corrected chi connectivity index (χ4v) is 2.45. The first kappa shape index (κ1) is 16.8. The summed E-state index contributed by atoms with van der Waals surface area (Å²) < 4.78 is 5.16. The maximum Gasteiger partial charge on any atom is 0.257 e. The van der Waals surface area contributed by atoms with E-state index >= 15 is 0 Å². The van der Waals surface area contributed by atoms with Crippen LogP contribution in [0.4, 0.5) is 5.69 Å². The zero-order valence-corrected chi connectivity index (χ0v) is 13.9. The molecule has 0 bridgehead atoms. The third kappa shape index (κ3) is 4.28. The smallest absolute Gasteiger partial charge is 0.257 e. The Morgan fingerprint density at radius 1 is 0.920 bits per heavy atom. The van der Waals surface area contributed by atoms with Gasteiger partial charge in [-0.05, 0) is 48.5 Å². The quantitative estimate of drug-likeness (QED) is 0.724. The molecule has 0 saturated carbocycles. The van der Waals surface area contributed by atoms with Gasteiger partial charge in [0.2, 0.25) is 0 Å². The highest BCUT2D eigenvalue weighted by atomic mass is 35.5. The van der Waals surface area contributed by atoms with E-state index in [9.17, 15) is 9.59 Å². The van der Waals surface area contributed by atoms with Crippen molar-refractivity contribution in [3.63, 3.8) is 0 Å². The van der Waals surface area contributed by atoms with Gasteiger partial charge in [-0.3, -0.25) is 9.59 Å². The van der Waals surface area contributed by atoms with E-state index in [0.29, 0.717) is 34.1 Å². The molecule has 0 unspecified atom stereocenters. The Balaban J connectivity index is 1.61. The molecule has 6 heteroatoms. The molecule has 0 radical (unpaired) electrons. The van der Waals surface area contributed by atoms with Crippen molar-refractivity contribution in [2.75, 3.05) is 5.32 Å². The largest absolute Gasteiger partial charge is 0.467 e. The van der Waals surface area contributed by atoms with Crippen molar-refractivity contribution in [1.82, 2.24) is 5.32 Å². The van der Waals surface area contributed by atoms with E-state index in [1.807, 2.05) is 0 Å². The topological polar surface area (TPSA) is 71.3 Å². The minimum atomic E-state index is -0.305. The van der Waals surface area contributed by atoms with E-state index in [-0.39, 0.29) is 11.8 Å². The van der Waals surface area contributed by atoms with Crippen molar-refractivity contribution in [3.05, 3.63) is 88.8 Å². The molecule has 2 aromatic carbocycles. The molecule has 3 rings (SSSR count). The third-order valence-corrected chi connectivity index (χ3v) is 3.86. The van der Waals surface area contributed by atoms with Gasteiger partial charge in [-0.2, -0.15) is 0 Å². The zero-order chi connectivity index (χ0) is 17.6. The first-order valence-electron chi connectivity index (χ1n) is 7.60. The third-order valence-electron chi connectivity index (χ3n) is 3.53. The van der Waals surface area contributed by atoms with Gasteiger partial charge < -0.3 is 15.1 Å². The number of furan rings is 1. The van der Waals surface area contributed by atoms with Crippen molar-refractivity contribution in [1.29, 1.82) is 0 Å². The van der Waals surface area contributed by atoms with Gasteiger partial charge in [0.1, 0.15) is 5.76 Å². The number of hydrogen-bond acceptors (Lipinski definition) is 3. The van der Waals surface area contributed by atoms with Gasteiger partial charge in [-0.25, -0.2) is 0 Å². The van der Waals surface area contributed by atoms with Crippen LogP contribution in [0.5, 0.6) is 0 Å². The summed E-state index contributed by atoms with van der Waals surface area (Å²) in [6, 6.07) is 17.0. The molecule has 25 heavy (non-hydrogen) atoms. The maximum atomic E-state index is 12.2. The van der Waals surface area contributed by atoms with Crippen LogP contribution in [0.2, 0.25) is 5.02 Å². The van der Waals surface area contributed by atoms with Crippen LogP contribution in [-0.2, 0) is 6.54 Å². The molecule has 0 atom stereocenters. The van der Waals surface area contributed by atoms with E-state index < -0.39 is 0 Å². The summed E-state index contributed by atoms with van der Waals surface area (Å²) in [5, 5.41) is 5.89. The Morgan fingerprint density at radius 2 is 1.68 bits per heavy atom. The normalized spacial score (nSPS) is 10.3. The monoisotopic (exact) mass is 354 g/mol. The summed E-state index contributed by atoms with van der Waals surface area (Å²) in [6.07, 6.45) is 1.55. The van der Waals surface area contributed by atoms with Gasteiger partial charge in [0.05, 0.1) is 23.4 Å². The van der Waals surface area contributed by atoms with Gasteiger partial charge in [0, 0.05) is 11.3 Å². The molecule has 0 fully saturated rings. The summed E-state index contributed by atoms with van der Waals surface area (Å²) in [5.41, 5.74) is 1.46. The second kappa shape index (κ2) is 7.68. The van der Waals surface area contributed by atoms with Crippen molar-refractivity contribution in [2.45, 2.75) is 6.54 Å². The average molecular weight is 355 g/mol. The van der Waals surface area contributed by atoms with E-state index in [2.05, 4.69) is 10.6 Å². The van der Waals surface area contributed by atoms with Crippen LogP contribution >= 0.6 is 11.6 Å². The van der Waals surface area contributed by atoms with Crippen LogP contribution in [0.15, 0.2) is 71.3 Å². The number of carbonyl (C=O) groups is 2. The Morgan fingerprint density at radius 3 is 2.36 bits per heavy atom. The molecule has 3 aromatic rings. The number of rotatable bonds is 5. The SMILES string of the molecule is O=C(NCc1ccco1)c1ccc(NC(=O)c2ccccc2Cl)cc1. The van der Waals surface area contributed by atoms with E-state index in [1.54, 1.807) is 66.9 Å². The number of amides is 2. The van der Waals surface area contributed by atoms with Crippen LogP contribution in [0.1, 0.15) is 26.5 Å². The van der Waals surface area contributed by atoms with Crippen LogP contribution in [0.3, 0.4) is 0 Å². The Labute approximate surface area is 149 Å². The molecule has 0 saturated heterocycles. The van der Waals surface area contributed by atoms with Crippen LogP contribution in [0.25, 0.3) is 0 Å². The van der Waals surface area contributed by atoms with E-state index in [4.69, 9.17) is 16.0 Å².